The van der Waals surface area contributed by atoms with Gasteiger partial charge in [-0.15, -0.1) is 0 Å². The second-order valence-electron chi connectivity index (χ2n) is 3.28. The lowest BCUT2D eigenvalue weighted by atomic mass is 10.2. The number of H-pyrrole nitrogens is 1. The van der Waals surface area contributed by atoms with Gasteiger partial charge in [0.05, 0.1) is 0 Å². The number of nitrogens with zero attached hydrogens (tertiary/aromatic N) is 1. The zero-order valence-electron chi connectivity index (χ0n) is 13.4. The van der Waals surface area contributed by atoms with Crippen molar-refractivity contribution >= 4 is 12.2 Å². The SMILES string of the molecule is CC.CC.C\C=C/C=c1/[nH]cc(C#N)c(=O)/c1=C/CC. The van der Waals surface area contributed by atoms with Gasteiger partial charge in [-0.25, -0.2) is 0 Å². The number of nitrogens with one attached hydrogen (secondary N) is 1. The average molecular weight is 274 g/mol. The second kappa shape index (κ2) is 13.4. The van der Waals surface area contributed by atoms with Crippen LogP contribution in [0.1, 0.15) is 53.5 Å². The molecule has 0 aliphatic carbocycles. The number of hydrogen-bond donors (Lipinski definition) is 1. The van der Waals surface area contributed by atoms with Gasteiger partial charge >= 0.3 is 0 Å². The Morgan fingerprint density at radius 3 is 2.35 bits per heavy atom. The number of nitriles is 1. The van der Waals surface area contributed by atoms with E-state index in [0.29, 0.717) is 5.22 Å². The minimum Gasteiger partial charge on any atom is -0.360 e. The van der Waals surface area contributed by atoms with E-state index in [4.69, 9.17) is 5.26 Å². The van der Waals surface area contributed by atoms with E-state index in [0.717, 1.165) is 11.8 Å². The molecule has 3 heteroatoms. The molecule has 0 aromatic carbocycles. The predicted octanol–water partition coefficient (Wildman–Crippen LogP) is 2.85. The number of aromatic nitrogens is 1. The van der Waals surface area contributed by atoms with Gasteiger partial charge in [0, 0.05) is 16.8 Å². The molecule has 1 heterocycles. The van der Waals surface area contributed by atoms with Crippen molar-refractivity contribution in [3.8, 4) is 6.07 Å². The molecule has 0 bridgehead atoms. The molecule has 3 nitrogen and oxygen atoms in total. The highest BCUT2D eigenvalue weighted by Crippen LogP contribution is 1.79. The maximum atomic E-state index is 11.9. The van der Waals surface area contributed by atoms with Gasteiger partial charge in [-0.3, -0.25) is 4.79 Å². The summed E-state index contributed by atoms with van der Waals surface area (Å²) in [5, 5.41) is 10.1. The van der Waals surface area contributed by atoms with E-state index >= 15 is 0 Å². The summed E-state index contributed by atoms with van der Waals surface area (Å²) in [4.78, 5) is 14.8. The molecule has 0 spiro atoms. The van der Waals surface area contributed by atoms with Crippen LogP contribution in [-0.4, -0.2) is 4.98 Å². The fourth-order valence-corrected chi connectivity index (χ4v) is 1.38. The largest absolute Gasteiger partial charge is 0.360 e. The second-order valence-corrected chi connectivity index (χ2v) is 3.28. The summed E-state index contributed by atoms with van der Waals surface area (Å²) in [6.45, 7) is 11.9. The number of rotatable bonds is 2. The van der Waals surface area contributed by atoms with Crippen LogP contribution in [0.15, 0.2) is 23.1 Å². The third-order valence-electron chi connectivity index (χ3n) is 2.14. The Bertz CT molecular complexity index is 601. The molecule has 0 atom stereocenters. The topological polar surface area (TPSA) is 56.6 Å². The van der Waals surface area contributed by atoms with Gasteiger partial charge in [0.1, 0.15) is 11.6 Å². The zero-order chi connectivity index (χ0) is 16.0. The Kier molecular flexibility index (Phi) is 13.5. The third kappa shape index (κ3) is 6.19. The van der Waals surface area contributed by atoms with Crippen LogP contribution in [0, 0.1) is 11.3 Å². The number of allylic oxidation sites excluding steroid dienone is 2. The normalized spacial score (nSPS) is 11.2. The first-order valence-corrected chi connectivity index (χ1v) is 7.19. The fourth-order valence-electron chi connectivity index (χ4n) is 1.38. The Hall–Kier alpha value is -2.08. The van der Waals surface area contributed by atoms with Crippen molar-refractivity contribution < 1.29 is 0 Å². The fraction of sp³-hybridized carbons (Fsp3) is 0.412. The first-order valence-electron chi connectivity index (χ1n) is 7.19. The molecular weight excluding hydrogens is 248 g/mol. The highest BCUT2D eigenvalue weighted by atomic mass is 16.1. The molecule has 0 saturated carbocycles. The van der Waals surface area contributed by atoms with Crippen LogP contribution in [0.3, 0.4) is 0 Å². The summed E-state index contributed by atoms with van der Waals surface area (Å²) < 4.78 is 0. The van der Waals surface area contributed by atoms with Gasteiger partial charge in [-0.05, 0) is 19.4 Å². The summed E-state index contributed by atoms with van der Waals surface area (Å²) in [6.07, 6.45) is 9.59. The molecule has 20 heavy (non-hydrogen) atoms. The Morgan fingerprint density at radius 2 is 1.90 bits per heavy atom. The Labute approximate surface area is 122 Å². The summed E-state index contributed by atoms with van der Waals surface area (Å²) in [5.41, 5.74) is -0.0591. The minimum atomic E-state index is -0.209. The van der Waals surface area contributed by atoms with Crippen molar-refractivity contribution in [2.24, 2.45) is 0 Å². The van der Waals surface area contributed by atoms with E-state index in [-0.39, 0.29) is 11.0 Å². The maximum Gasteiger partial charge on any atom is 0.206 e. The average Bonchev–Trinajstić information content (AvgIpc) is 2.52. The highest BCUT2D eigenvalue weighted by molar-refractivity contribution is 5.39. The zero-order valence-corrected chi connectivity index (χ0v) is 13.4. The van der Waals surface area contributed by atoms with E-state index in [1.165, 1.54) is 6.20 Å². The lowest BCUT2D eigenvalue weighted by Crippen LogP contribution is -2.42. The van der Waals surface area contributed by atoms with Gasteiger partial charge < -0.3 is 4.98 Å². The van der Waals surface area contributed by atoms with Crippen molar-refractivity contribution in [3.05, 3.63) is 44.7 Å². The van der Waals surface area contributed by atoms with Gasteiger partial charge in [-0.1, -0.05) is 52.8 Å². The Balaban J connectivity index is 0. The molecule has 0 radical (unpaired) electrons. The van der Waals surface area contributed by atoms with Crippen molar-refractivity contribution in [2.45, 2.75) is 48.0 Å². The monoisotopic (exact) mass is 274 g/mol. The van der Waals surface area contributed by atoms with E-state index in [2.05, 4.69) is 4.98 Å². The summed E-state index contributed by atoms with van der Waals surface area (Å²) in [6, 6.07) is 1.88. The van der Waals surface area contributed by atoms with Crippen LogP contribution in [0.25, 0.3) is 12.2 Å². The predicted molar refractivity (Wildman–Crippen MR) is 87.8 cm³/mol. The molecule has 0 amide bonds. The quantitative estimate of drug-likeness (QED) is 0.901. The lowest BCUT2D eigenvalue weighted by Gasteiger charge is -1.92. The van der Waals surface area contributed by atoms with Gasteiger partial charge in [0.25, 0.3) is 0 Å². The molecule has 1 aromatic rings. The number of aromatic amines is 1. The van der Waals surface area contributed by atoms with Crippen molar-refractivity contribution in [3.63, 3.8) is 0 Å². The van der Waals surface area contributed by atoms with Crippen LogP contribution >= 0.6 is 0 Å². The van der Waals surface area contributed by atoms with Crippen molar-refractivity contribution in [1.82, 2.24) is 4.98 Å². The smallest absolute Gasteiger partial charge is 0.206 e. The highest BCUT2D eigenvalue weighted by Gasteiger charge is 1.99. The van der Waals surface area contributed by atoms with E-state index in [1.807, 2.05) is 71.9 Å². The van der Waals surface area contributed by atoms with Crippen LogP contribution in [0.4, 0.5) is 0 Å². The molecule has 110 valence electrons. The summed E-state index contributed by atoms with van der Waals surface area (Å²) in [7, 11) is 0. The molecule has 1 aromatic heterocycles. The third-order valence-corrected chi connectivity index (χ3v) is 2.14. The Morgan fingerprint density at radius 1 is 1.30 bits per heavy atom. The summed E-state index contributed by atoms with van der Waals surface area (Å²) in [5.74, 6) is 0. The van der Waals surface area contributed by atoms with Crippen LogP contribution in [0.5, 0.6) is 0 Å². The van der Waals surface area contributed by atoms with E-state index in [9.17, 15) is 4.79 Å². The minimum absolute atomic E-state index is 0.150. The molecule has 0 aliphatic heterocycles. The molecule has 0 aliphatic rings. The van der Waals surface area contributed by atoms with E-state index < -0.39 is 0 Å². The van der Waals surface area contributed by atoms with Gasteiger partial charge in [-0.2, -0.15) is 5.26 Å². The molecule has 0 unspecified atom stereocenters. The summed E-state index contributed by atoms with van der Waals surface area (Å²) >= 11 is 0. The molecule has 0 fully saturated rings. The van der Waals surface area contributed by atoms with Gasteiger partial charge in [0.2, 0.25) is 5.43 Å². The van der Waals surface area contributed by atoms with Crippen molar-refractivity contribution in [2.75, 3.05) is 0 Å². The molecule has 1 rings (SSSR count). The first kappa shape index (κ1) is 20.2. The molecular formula is C17H26N2O. The standard InChI is InChI=1S/C13H14N2O.2C2H6/c1-3-5-7-12-11(6-4-2)13(16)10(8-14)9-15-12;2*1-2/h3,5-7,9,15H,4H2,1-2H3;2*1-2H3/b5-3-,11-6+,12-7+;;. The molecule has 1 N–H and O–H groups in total. The van der Waals surface area contributed by atoms with E-state index in [1.54, 1.807) is 0 Å². The first-order chi connectivity index (χ1) is 9.74. The van der Waals surface area contributed by atoms with Crippen LogP contribution < -0.4 is 16.0 Å². The molecule has 0 saturated heterocycles. The van der Waals surface area contributed by atoms with Crippen LogP contribution in [-0.2, 0) is 0 Å². The van der Waals surface area contributed by atoms with Gasteiger partial charge in [0.15, 0.2) is 0 Å². The lowest BCUT2D eigenvalue weighted by molar-refractivity contribution is 1.16. The maximum absolute atomic E-state index is 11.9. The van der Waals surface area contributed by atoms with Crippen LogP contribution in [0.2, 0.25) is 0 Å². The van der Waals surface area contributed by atoms with Crippen molar-refractivity contribution in [1.29, 1.82) is 5.26 Å². The number of hydrogen-bond acceptors (Lipinski definition) is 2. The number of pyridine rings is 1.